The van der Waals surface area contributed by atoms with Crippen LogP contribution in [0.4, 0.5) is 0 Å². The number of aliphatic imine (C=N–C) groups is 1. The van der Waals surface area contributed by atoms with E-state index in [1.54, 1.807) is 0 Å². The zero-order chi connectivity index (χ0) is 11.0. The van der Waals surface area contributed by atoms with E-state index in [2.05, 4.69) is 38.0 Å². The number of hydrogen-bond donors (Lipinski definition) is 2. The fraction of sp³-hybridized carbons (Fsp3) is 0.900. The van der Waals surface area contributed by atoms with Crippen LogP contribution in [0.25, 0.3) is 0 Å². The minimum atomic E-state index is 0.320. The molecule has 4 heteroatoms. The Morgan fingerprint density at radius 1 is 1.43 bits per heavy atom. The summed E-state index contributed by atoms with van der Waals surface area (Å²) in [7, 11) is 0. The number of hydrogen-bond acceptors (Lipinski definition) is 2. The number of nitrogens with zero attached hydrogens (tertiary/aromatic N) is 1. The number of guanidine groups is 1. The lowest BCUT2D eigenvalue weighted by molar-refractivity contribution is 0.686. The number of rotatable bonds is 6. The lowest BCUT2D eigenvalue weighted by Gasteiger charge is -2.11. The van der Waals surface area contributed by atoms with Crippen LogP contribution in [0, 0.1) is 0 Å². The molecule has 0 aliphatic rings. The summed E-state index contributed by atoms with van der Waals surface area (Å²) in [5.41, 5.74) is 5.71. The second-order valence-corrected chi connectivity index (χ2v) is 5.04. The number of thioether (sulfide) groups is 1. The molecule has 0 saturated heterocycles. The molecule has 3 N–H and O–H groups in total. The lowest BCUT2D eigenvalue weighted by atomic mass is 10.3. The number of nitrogens with one attached hydrogen (secondary N) is 1. The van der Waals surface area contributed by atoms with Gasteiger partial charge in [0.2, 0.25) is 0 Å². The van der Waals surface area contributed by atoms with Gasteiger partial charge in [0.1, 0.15) is 0 Å². The van der Waals surface area contributed by atoms with E-state index in [4.69, 9.17) is 5.73 Å². The molecule has 0 aromatic carbocycles. The van der Waals surface area contributed by atoms with Crippen LogP contribution in [0.3, 0.4) is 0 Å². The van der Waals surface area contributed by atoms with Gasteiger partial charge in [-0.1, -0.05) is 6.92 Å². The van der Waals surface area contributed by atoms with Gasteiger partial charge in [0, 0.05) is 6.04 Å². The van der Waals surface area contributed by atoms with Crippen LogP contribution in [0.2, 0.25) is 0 Å². The van der Waals surface area contributed by atoms with E-state index in [9.17, 15) is 0 Å². The standard InChI is InChI=1S/C10H23N3S/c1-5-14-7-6-9(4)13-10(11)12-8(2)3/h8-9H,5-7H2,1-4H3,(H3,11,12,13). The average Bonchev–Trinajstić information content (AvgIpc) is 2.02. The van der Waals surface area contributed by atoms with Gasteiger partial charge in [0.05, 0.1) is 6.04 Å². The van der Waals surface area contributed by atoms with Crippen molar-refractivity contribution in [3.8, 4) is 0 Å². The molecule has 84 valence electrons. The van der Waals surface area contributed by atoms with Crippen LogP contribution in [0.15, 0.2) is 4.99 Å². The zero-order valence-electron chi connectivity index (χ0n) is 9.71. The molecule has 1 atom stereocenters. The van der Waals surface area contributed by atoms with Crippen LogP contribution in [0.5, 0.6) is 0 Å². The van der Waals surface area contributed by atoms with Crippen LogP contribution >= 0.6 is 11.8 Å². The lowest BCUT2D eigenvalue weighted by Crippen LogP contribution is -2.37. The van der Waals surface area contributed by atoms with Gasteiger partial charge in [-0.2, -0.15) is 11.8 Å². The van der Waals surface area contributed by atoms with E-state index in [1.165, 1.54) is 5.75 Å². The van der Waals surface area contributed by atoms with Gasteiger partial charge in [-0.25, -0.2) is 0 Å². The van der Waals surface area contributed by atoms with Crippen molar-refractivity contribution in [1.82, 2.24) is 5.32 Å². The highest BCUT2D eigenvalue weighted by Crippen LogP contribution is 2.05. The molecule has 0 aliphatic carbocycles. The minimum absolute atomic E-state index is 0.320. The molecule has 0 rings (SSSR count). The van der Waals surface area contributed by atoms with Crippen molar-refractivity contribution in [2.75, 3.05) is 11.5 Å². The molecule has 0 amide bonds. The summed E-state index contributed by atoms with van der Waals surface area (Å²) in [6.07, 6.45) is 1.10. The second kappa shape index (κ2) is 7.97. The van der Waals surface area contributed by atoms with E-state index < -0.39 is 0 Å². The highest BCUT2D eigenvalue weighted by atomic mass is 32.2. The summed E-state index contributed by atoms with van der Waals surface area (Å²) >= 11 is 1.95. The summed E-state index contributed by atoms with van der Waals surface area (Å²) in [6, 6.07) is 0.677. The molecule has 0 saturated carbocycles. The molecular weight excluding hydrogens is 194 g/mol. The molecule has 14 heavy (non-hydrogen) atoms. The summed E-state index contributed by atoms with van der Waals surface area (Å²) in [4.78, 5) is 4.36. The van der Waals surface area contributed by atoms with E-state index >= 15 is 0 Å². The van der Waals surface area contributed by atoms with Crippen molar-refractivity contribution in [3.05, 3.63) is 0 Å². The maximum absolute atomic E-state index is 5.71. The Labute approximate surface area is 91.9 Å². The van der Waals surface area contributed by atoms with Crippen molar-refractivity contribution in [3.63, 3.8) is 0 Å². The zero-order valence-corrected chi connectivity index (χ0v) is 10.5. The Kier molecular flexibility index (Phi) is 7.76. The highest BCUT2D eigenvalue weighted by Gasteiger charge is 2.01. The van der Waals surface area contributed by atoms with E-state index in [1.807, 2.05) is 11.8 Å². The molecule has 0 heterocycles. The van der Waals surface area contributed by atoms with Gasteiger partial charge in [-0.15, -0.1) is 0 Å². The second-order valence-electron chi connectivity index (χ2n) is 3.65. The molecule has 0 spiro atoms. The first kappa shape index (κ1) is 13.6. The topological polar surface area (TPSA) is 50.4 Å². The Balaban J connectivity index is 3.71. The van der Waals surface area contributed by atoms with Crippen molar-refractivity contribution < 1.29 is 0 Å². The fourth-order valence-electron chi connectivity index (χ4n) is 1.03. The molecule has 0 aromatic heterocycles. The SMILES string of the molecule is CCSCCC(C)N=C(N)NC(C)C. The van der Waals surface area contributed by atoms with Crippen molar-refractivity contribution in [2.45, 2.75) is 46.2 Å². The van der Waals surface area contributed by atoms with Crippen LogP contribution in [0.1, 0.15) is 34.1 Å². The summed E-state index contributed by atoms with van der Waals surface area (Å²) < 4.78 is 0. The summed E-state index contributed by atoms with van der Waals surface area (Å²) in [5.74, 6) is 2.90. The molecule has 3 nitrogen and oxygen atoms in total. The Morgan fingerprint density at radius 3 is 2.57 bits per heavy atom. The first-order chi connectivity index (χ1) is 6.56. The third-order valence-corrected chi connectivity index (χ3v) is 2.61. The van der Waals surface area contributed by atoms with E-state index in [0.717, 1.165) is 12.2 Å². The first-order valence-corrected chi connectivity index (χ1v) is 6.39. The smallest absolute Gasteiger partial charge is 0.189 e. The molecule has 0 bridgehead atoms. The molecule has 0 aromatic rings. The van der Waals surface area contributed by atoms with E-state index in [0.29, 0.717) is 18.0 Å². The molecule has 0 aliphatic heterocycles. The first-order valence-electron chi connectivity index (χ1n) is 5.23. The Morgan fingerprint density at radius 2 is 2.07 bits per heavy atom. The largest absolute Gasteiger partial charge is 0.370 e. The maximum atomic E-state index is 5.71. The quantitative estimate of drug-likeness (QED) is 0.405. The van der Waals surface area contributed by atoms with Gasteiger partial charge in [-0.05, 0) is 38.7 Å². The maximum Gasteiger partial charge on any atom is 0.189 e. The Bertz CT molecular complexity index is 169. The third kappa shape index (κ3) is 8.23. The predicted molar refractivity (Wildman–Crippen MR) is 67.0 cm³/mol. The van der Waals surface area contributed by atoms with Gasteiger partial charge in [0.25, 0.3) is 0 Å². The van der Waals surface area contributed by atoms with Crippen molar-refractivity contribution in [1.29, 1.82) is 0 Å². The molecule has 1 unspecified atom stereocenters. The van der Waals surface area contributed by atoms with Crippen LogP contribution in [-0.2, 0) is 0 Å². The average molecular weight is 217 g/mol. The predicted octanol–water partition coefficient (Wildman–Crippen LogP) is 1.83. The molecule has 0 fully saturated rings. The molecule has 0 radical (unpaired) electrons. The molecular formula is C10H23N3S. The van der Waals surface area contributed by atoms with Crippen molar-refractivity contribution >= 4 is 17.7 Å². The van der Waals surface area contributed by atoms with Crippen LogP contribution in [-0.4, -0.2) is 29.5 Å². The minimum Gasteiger partial charge on any atom is -0.370 e. The normalized spacial score (nSPS) is 14.5. The number of nitrogens with two attached hydrogens (primary N) is 1. The van der Waals surface area contributed by atoms with Gasteiger partial charge in [0.15, 0.2) is 5.96 Å². The van der Waals surface area contributed by atoms with Gasteiger partial charge < -0.3 is 11.1 Å². The third-order valence-electron chi connectivity index (χ3n) is 1.68. The van der Waals surface area contributed by atoms with Gasteiger partial charge >= 0.3 is 0 Å². The monoisotopic (exact) mass is 217 g/mol. The van der Waals surface area contributed by atoms with Crippen molar-refractivity contribution in [2.24, 2.45) is 10.7 Å². The Hall–Kier alpha value is -0.380. The van der Waals surface area contributed by atoms with Crippen LogP contribution < -0.4 is 11.1 Å². The summed E-state index contributed by atoms with van der Waals surface area (Å²) in [6.45, 7) is 8.39. The highest BCUT2D eigenvalue weighted by molar-refractivity contribution is 7.99. The summed E-state index contributed by atoms with van der Waals surface area (Å²) in [5, 5.41) is 3.08. The fourth-order valence-corrected chi connectivity index (χ4v) is 1.83. The van der Waals surface area contributed by atoms with E-state index in [-0.39, 0.29) is 0 Å². The van der Waals surface area contributed by atoms with Gasteiger partial charge in [-0.3, -0.25) is 4.99 Å².